The van der Waals surface area contributed by atoms with Gasteiger partial charge in [0, 0.05) is 36.6 Å². The minimum Gasteiger partial charge on any atom is -0.465 e. The number of hydrogen-bond donors (Lipinski definition) is 2. The number of esters is 1. The van der Waals surface area contributed by atoms with Crippen LogP contribution in [0.15, 0.2) is 43.0 Å². The van der Waals surface area contributed by atoms with Crippen LogP contribution >= 0.6 is 11.3 Å². The summed E-state index contributed by atoms with van der Waals surface area (Å²) < 4.78 is 6.50. The Morgan fingerprint density at radius 3 is 2.79 bits per heavy atom. The quantitative estimate of drug-likeness (QED) is 0.576. The fourth-order valence-electron chi connectivity index (χ4n) is 2.51. The van der Waals surface area contributed by atoms with Crippen molar-refractivity contribution in [3.8, 4) is 0 Å². The first-order chi connectivity index (χ1) is 14.0. The van der Waals surface area contributed by atoms with E-state index in [0.717, 1.165) is 11.3 Å². The van der Waals surface area contributed by atoms with Gasteiger partial charge in [-0.3, -0.25) is 14.9 Å². The lowest BCUT2D eigenvalue weighted by molar-refractivity contribution is -0.116. The summed E-state index contributed by atoms with van der Waals surface area (Å²) in [5, 5.41) is 5.73. The highest BCUT2D eigenvalue weighted by molar-refractivity contribution is 7.17. The van der Waals surface area contributed by atoms with Gasteiger partial charge in [-0.05, 0) is 25.1 Å². The number of benzene rings is 1. The van der Waals surface area contributed by atoms with Gasteiger partial charge in [-0.1, -0.05) is 17.4 Å². The molecule has 0 saturated heterocycles. The smallest absolute Gasteiger partial charge is 0.350 e. The lowest BCUT2D eigenvalue weighted by atomic mass is 10.2. The molecule has 2 aromatic heterocycles. The van der Waals surface area contributed by atoms with Crippen LogP contribution in [0.2, 0.25) is 0 Å². The zero-order valence-electron chi connectivity index (χ0n) is 15.8. The van der Waals surface area contributed by atoms with E-state index in [1.807, 2.05) is 4.57 Å². The molecular weight excluding hydrogens is 394 g/mol. The maximum Gasteiger partial charge on any atom is 0.350 e. The lowest BCUT2D eigenvalue weighted by Crippen LogP contribution is -2.15. The summed E-state index contributed by atoms with van der Waals surface area (Å²) in [5.41, 5.74) is 1.35. The second-order valence-electron chi connectivity index (χ2n) is 6.06. The zero-order valence-corrected chi connectivity index (χ0v) is 16.7. The first-order valence-corrected chi connectivity index (χ1v) is 9.50. The number of ether oxygens (including phenoxy) is 1. The first kappa shape index (κ1) is 20.2. The van der Waals surface area contributed by atoms with Gasteiger partial charge < -0.3 is 14.6 Å². The summed E-state index contributed by atoms with van der Waals surface area (Å²) in [7, 11) is 1.29. The highest BCUT2D eigenvalue weighted by atomic mass is 32.1. The average molecular weight is 413 g/mol. The molecule has 0 atom stereocenters. The first-order valence-electron chi connectivity index (χ1n) is 8.69. The standard InChI is InChI=1S/C19H19N5O4S/c1-12-16(18(27)28-2)29-19(21-12)23-17(26)13-4-3-5-14(10-13)22-15(25)6-8-24-9-7-20-11-24/h3-5,7,9-11H,6,8H2,1-2H3,(H,22,25)(H,21,23,26). The number of aryl methyl sites for hydroxylation is 2. The van der Waals surface area contributed by atoms with Gasteiger partial charge in [-0.25, -0.2) is 14.8 Å². The van der Waals surface area contributed by atoms with Gasteiger partial charge in [0.1, 0.15) is 4.88 Å². The van der Waals surface area contributed by atoms with E-state index in [4.69, 9.17) is 0 Å². The van der Waals surface area contributed by atoms with Crippen LogP contribution < -0.4 is 10.6 Å². The molecule has 0 spiro atoms. The summed E-state index contributed by atoms with van der Waals surface area (Å²) >= 11 is 1.04. The van der Waals surface area contributed by atoms with E-state index in [2.05, 4.69) is 25.3 Å². The number of amides is 2. The molecule has 0 unspecified atom stereocenters. The van der Waals surface area contributed by atoms with Gasteiger partial charge >= 0.3 is 5.97 Å². The number of nitrogens with zero attached hydrogens (tertiary/aromatic N) is 3. The normalized spacial score (nSPS) is 10.4. The van der Waals surface area contributed by atoms with Crippen molar-refractivity contribution in [1.82, 2.24) is 14.5 Å². The number of nitrogens with one attached hydrogen (secondary N) is 2. The molecule has 0 fully saturated rings. The molecule has 150 valence electrons. The van der Waals surface area contributed by atoms with E-state index < -0.39 is 11.9 Å². The topological polar surface area (TPSA) is 115 Å². The Kier molecular flexibility index (Phi) is 6.35. The lowest BCUT2D eigenvalue weighted by Gasteiger charge is -2.08. The van der Waals surface area contributed by atoms with Crippen molar-refractivity contribution in [1.29, 1.82) is 0 Å². The molecule has 0 saturated carbocycles. The average Bonchev–Trinajstić information content (AvgIpc) is 3.35. The summed E-state index contributed by atoms with van der Waals surface area (Å²) in [5.74, 6) is -1.07. The monoisotopic (exact) mass is 413 g/mol. The Balaban J connectivity index is 1.62. The highest BCUT2D eigenvalue weighted by Gasteiger charge is 2.17. The van der Waals surface area contributed by atoms with Crippen LogP contribution in [0, 0.1) is 6.92 Å². The Morgan fingerprint density at radius 2 is 2.07 bits per heavy atom. The van der Waals surface area contributed by atoms with Crippen molar-refractivity contribution < 1.29 is 19.1 Å². The zero-order chi connectivity index (χ0) is 20.8. The number of imidazole rings is 1. The van der Waals surface area contributed by atoms with Gasteiger partial charge in [0.15, 0.2) is 5.13 Å². The fraction of sp³-hybridized carbons (Fsp3) is 0.211. The molecule has 0 aliphatic rings. The molecule has 0 radical (unpaired) electrons. The predicted molar refractivity (Wildman–Crippen MR) is 108 cm³/mol. The number of methoxy groups -OCH3 is 1. The van der Waals surface area contributed by atoms with E-state index >= 15 is 0 Å². The van der Waals surface area contributed by atoms with Crippen molar-refractivity contribution in [2.75, 3.05) is 17.7 Å². The molecular formula is C19H19N5O4S. The minimum atomic E-state index is -0.499. The van der Waals surface area contributed by atoms with E-state index in [1.54, 1.807) is 49.9 Å². The number of aromatic nitrogens is 3. The van der Waals surface area contributed by atoms with Gasteiger partial charge in [0.25, 0.3) is 5.91 Å². The SMILES string of the molecule is COC(=O)c1sc(NC(=O)c2cccc(NC(=O)CCn3ccnc3)c2)nc1C. The summed E-state index contributed by atoms with van der Waals surface area (Å²) in [6.45, 7) is 2.18. The van der Waals surface area contributed by atoms with Gasteiger partial charge in [0.05, 0.1) is 19.1 Å². The Bertz CT molecular complexity index is 1030. The van der Waals surface area contributed by atoms with Crippen LogP contribution in [-0.2, 0) is 16.1 Å². The Labute approximate surface area is 170 Å². The summed E-state index contributed by atoms with van der Waals surface area (Å²) in [6, 6.07) is 6.58. The molecule has 2 amide bonds. The molecule has 0 bridgehead atoms. The van der Waals surface area contributed by atoms with Crippen molar-refractivity contribution in [3.05, 3.63) is 59.1 Å². The number of carbonyl (C=O) groups is 3. The largest absolute Gasteiger partial charge is 0.465 e. The molecule has 0 aliphatic carbocycles. The van der Waals surface area contributed by atoms with Crippen molar-refractivity contribution in [2.24, 2.45) is 0 Å². The van der Waals surface area contributed by atoms with E-state index in [1.165, 1.54) is 7.11 Å². The van der Waals surface area contributed by atoms with Gasteiger partial charge in [-0.2, -0.15) is 0 Å². The van der Waals surface area contributed by atoms with Crippen molar-refractivity contribution in [2.45, 2.75) is 19.9 Å². The van der Waals surface area contributed by atoms with Crippen molar-refractivity contribution >= 4 is 39.9 Å². The van der Waals surface area contributed by atoms with E-state index in [-0.39, 0.29) is 12.3 Å². The van der Waals surface area contributed by atoms with Gasteiger partial charge in [-0.15, -0.1) is 0 Å². The maximum atomic E-state index is 12.5. The predicted octanol–water partition coefficient (Wildman–Crippen LogP) is 2.72. The number of hydrogen-bond acceptors (Lipinski definition) is 7. The van der Waals surface area contributed by atoms with Gasteiger partial charge in [0.2, 0.25) is 5.91 Å². The second kappa shape index (κ2) is 9.11. The molecule has 9 nitrogen and oxygen atoms in total. The highest BCUT2D eigenvalue weighted by Crippen LogP contribution is 2.24. The maximum absolute atomic E-state index is 12.5. The van der Waals surface area contributed by atoms with Crippen LogP contribution in [0.3, 0.4) is 0 Å². The molecule has 1 aromatic carbocycles. The Morgan fingerprint density at radius 1 is 1.24 bits per heavy atom. The molecule has 29 heavy (non-hydrogen) atoms. The number of thiazole rings is 1. The third-order valence-electron chi connectivity index (χ3n) is 3.95. The molecule has 3 rings (SSSR count). The number of anilines is 2. The number of rotatable bonds is 7. The third kappa shape index (κ3) is 5.26. The van der Waals surface area contributed by atoms with Crippen LogP contribution in [0.5, 0.6) is 0 Å². The third-order valence-corrected chi connectivity index (χ3v) is 5.01. The van der Waals surface area contributed by atoms with E-state index in [0.29, 0.717) is 33.5 Å². The Hall–Kier alpha value is -3.53. The van der Waals surface area contributed by atoms with Crippen LogP contribution in [0.25, 0.3) is 0 Å². The molecule has 3 aromatic rings. The number of carbonyl (C=O) groups excluding carboxylic acids is 3. The summed E-state index contributed by atoms with van der Waals surface area (Å²) in [4.78, 5) is 44.7. The molecule has 2 N–H and O–H groups in total. The minimum absolute atomic E-state index is 0.172. The van der Waals surface area contributed by atoms with Crippen LogP contribution in [-0.4, -0.2) is 39.4 Å². The van der Waals surface area contributed by atoms with Crippen LogP contribution in [0.1, 0.15) is 32.1 Å². The van der Waals surface area contributed by atoms with Crippen LogP contribution in [0.4, 0.5) is 10.8 Å². The van der Waals surface area contributed by atoms with Crippen molar-refractivity contribution in [3.63, 3.8) is 0 Å². The molecule has 2 heterocycles. The molecule has 10 heteroatoms. The van der Waals surface area contributed by atoms with E-state index in [9.17, 15) is 14.4 Å². The molecule has 0 aliphatic heterocycles. The second-order valence-corrected chi connectivity index (χ2v) is 7.06. The summed E-state index contributed by atoms with van der Waals surface area (Å²) in [6.07, 6.45) is 5.36. The fourth-order valence-corrected chi connectivity index (χ4v) is 3.39.